The minimum absolute atomic E-state index is 0.0282. The molecule has 0 heterocycles. The van der Waals surface area contributed by atoms with E-state index in [1.54, 1.807) is 12.0 Å². The largest absolute Gasteiger partial charge is 0.383 e. The zero-order valence-corrected chi connectivity index (χ0v) is 15.4. The zero-order chi connectivity index (χ0) is 18.8. The van der Waals surface area contributed by atoms with E-state index in [9.17, 15) is 9.59 Å². The van der Waals surface area contributed by atoms with Crippen molar-refractivity contribution in [1.29, 1.82) is 0 Å². The van der Waals surface area contributed by atoms with E-state index in [4.69, 9.17) is 4.74 Å². The fraction of sp³-hybridized carbons (Fsp3) is 0.333. The fourth-order valence-corrected chi connectivity index (χ4v) is 2.73. The lowest BCUT2D eigenvalue weighted by Crippen LogP contribution is -2.31. The lowest BCUT2D eigenvalue weighted by Gasteiger charge is -2.24. The molecule has 0 radical (unpaired) electrons. The number of nitrogens with zero attached hydrogens (tertiary/aromatic N) is 1. The van der Waals surface area contributed by atoms with Crippen LogP contribution in [0.1, 0.15) is 19.8 Å². The molecule has 2 rings (SSSR count). The standard InChI is InChI=1S/C21H26N2O3/c1-17(15-20(24)22-13-14-26-2)16-21(25)23(18-9-5-3-6-10-18)19-11-7-4-8-12-19/h3-12,17H,13-16H2,1-2H3,(H,22,24)/t17-/m0/s1. The minimum atomic E-state index is -0.0617. The monoisotopic (exact) mass is 354 g/mol. The zero-order valence-electron chi connectivity index (χ0n) is 15.4. The summed E-state index contributed by atoms with van der Waals surface area (Å²) in [5.41, 5.74) is 1.64. The molecule has 0 saturated heterocycles. The van der Waals surface area contributed by atoms with Gasteiger partial charge in [-0.1, -0.05) is 43.3 Å². The molecule has 1 atom stereocenters. The van der Waals surface area contributed by atoms with Crippen LogP contribution >= 0.6 is 0 Å². The smallest absolute Gasteiger partial charge is 0.231 e. The molecule has 0 unspecified atom stereocenters. The van der Waals surface area contributed by atoms with Crippen LogP contribution in [0.4, 0.5) is 11.4 Å². The molecule has 2 aromatic carbocycles. The van der Waals surface area contributed by atoms with Crippen molar-refractivity contribution in [2.45, 2.75) is 19.8 Å². The van der Waals surface area contributed by atoms with Crippen LogP contribution in [-0.4, -0.2) is 32.1 Å². The van der Waals surface area contributed by atoms with E-state index in [0.29, 0.717) is 26.0 Å². The molecule has 2 amide bonds. The Morgan fingerprint density at radius 2 is 1.50 bits per heavy atom. The summed E-state index contributed by atoms with van der Waals surface area (Å²) in [7, 11) is 1.59. The van der Waals surface area contributed by atoms with E-state index < -0.39 is 0 Å². The number of carbonyl (C=O) groups excluding carboxylic acids is 2. The Hall–Kier alpha value is -2.66. The van der Waals surface area contributed by atoms with Crippen LogP contribution in [0.15, 0.2) is 60.7 Å². The third kappa shape index (κ3) is 6.01. The van der Waals surface area contributed by atoms with Crippen molar-refractivity contribution in [3.8, 4) is 0 Å². The first-order chi connectivity index (χ1) is 12.6. The molecule has 0 aromatic heterocycles. The molecular formula is C21H26N2O3. The first-order valence-corrected chi connectivity index (χ1v) is 8.80. The molecule has 26 heavy (non-hydrogen) atoms. The second-order valence-electron chi connectivity index (χ2n) is 6.26. The maximum absolute atomic E-state index is 13.0. The normalized spacial score (nSPS) is 11.6. The van der Waals surface area contributed by atoms with Crippen molar-refractivity contribution in [1.82, 2.24) is 5.32 Å². The highest BCUT2D eigenvalue weighted by molar-refractivity contribution is 6.00. The predicted molar refractivity (Wildman–Crippen MR) is 103 cm³/mol. The van der Waals surface area contributed by atoms with Gasteiger partial charge in [-0.05, 0) is 30.2 Å². The first-order valence-electron chi connectivity index (χ1n) is 8.80. The van der Waals surface area contributed by atoms with Gasteiger partial charge in [0.2, 0.25) is 11.8 Å². The van der Waals surface area contributed by atoms with Crippen LogP contribution in [0.3, 0.4) is 0 Å². The highest BCUT2D eigenvalue weighted by Crippen LogP contribution is 2.27. The summed E-state index contributed by atoms with van der Waals surface area (Å²) in [6.45, 7) is 2.88. The average Bonchev–Trinajstić information content (AvgIpc) is 2.63. The molecular weight excluding hydrogens is 328 g/mol. The van der Waals surface area contributed by atoms with Crippen LogP contribution in [0.2, 0.25) is 0 Å². The third-order valence-corrected chi connectivity index (χ3v) is 3.96. The van der Waals surface area contributed by atoms with Gasteiger partial charge in [0.1, 0.15) is 0 Å². The van der Waals surface area contributed by atoms with Crippen LogP contribution < -0.4 is 10.2 Å². The van der Waals surface area contributed by atoms with E-state index in [-0.39, 0.29) is 17.7 Å². The lowest BCUT2D eigenvalue weighted by atomic mass is 10.0. The van der Waals surface area contributed by atoms with Crippen molar-refractivity contribution < 1.29 is 14.3 Å². The van der Waals surface area contributed by atoms with Gasteiger partial charge in [0.15, 0.2) is 0 Å². The highest BCUT2D eigenvalue weighted by Gasteiger charge is 2.21. The quantitative estimate of drug-likeness (QED) is 0.701. The van der Waals surface area contributed by atoms with Gasteiger partial charge in [0.25, 0.3) is 0 Å². The number of hydrogen-bond acceptors (Lipinski definition) is 3. The molecule has 0 spiro atoms. The minimum Gasteiger partial charge on any atom is -0.383 e. The third-order valence-electron chi connectivity index (χ3n) is 3.96. The van der Waals surface area contributed by atoms with Gasteiger partial charge in [0.05, 0.1) is 6.61 Å². The summed E-state index contributed by atoms with van der Waals surface area (Å²) in [6.07, 6.45) is 0.606. The number of ether oxygens (including phenoxy) is 1. The predicted octanol–water partition coefficient (Wildman–Crippen LogP) is 3.53. The van der Waals surface area contributed by atoms with Gasteiger partial charge in [-0.2, -0.15) is 0 Å². The van der Waals surface area contributed by atoms with Crippen molar-refractivity contribution in [3.05, 3.63) is 60.7 Å². The number of anilines is 2. The van der Waals surface area contributed by atoms with Gasteiger partial charge in [0, 0.05) is 37.9 Å². The summed E-state index contributed by atoms with van der Waals surface area (Å²) in [5.74, 6) is -0.145. The van der Waals surface area contributed by atoms with Gasteiger partial charge in [-0.25, -0.2) is 0 Å². The van der Waals surface area contributed by atoms with Crippen molar-refractivity contribution >= 4 is 23.2 Å². The number of nitrogens with one attached hydrogen (secondary N) is 1. The van der Waals surface area contributed by atoms with E-state index >= 15 is 0 Å². The number of methoxy groups -OCH3 is 1. The van der Waals surface area contributed by atoms with E-state index in [0.717, 1.165) is 11.4 Å². The molecule has 0 aliphatic carbocycles. The van der Waals surface area contributed by atoms with E-state index in [1.165, 1.54) is 0 Å². The van der Waals surface area contributed by atoms with Crippen LogP contribution in [0.25, 0.3) is 0 Å². The Balaban J connectivity index is 2.04. The average molecular weight is 354 g/mol. The number of benzene rings is 2. The molecule has 138 valence electrons. The molecule has 5 heteroatoms. The van der Waals surface area contributed by atoms with Crippen LogP contribution in [0.5, 0.6) is 0 Å². The number of amides is 2. The van der Waals surface area contributed by atoms with Gasteiger partial charge in [-0.15, -0.1) is 0 Å². The number of carbonyl (C=O) groups is 2. The lowest BCUT2D eigenvalue weighted by molar-refractivity contribution is -0.122. The highest BCUT2D eigenvalue weighted by atomic mass is 16.5. The topological polar surface area (TPSA) is 58.6 Å². The van der Waals surface area contributed by atoms with Crippen molar-refractivity contribution in [2.75, 3.05) is 25.2 Å². The Bertz CT molecular complexity index is 649. The molecule has 0 bridgehead atoms. The second-order valence-corrected chi connectivity index (χ2v) is 6.26. The SMILES string of the molecule is COCCNC(=O)C[C@H](C)CC(=O)N(c1ccccc1)c1ccccc1. The maximum Gasteiger partial charge on any atom is 0.231 e. The Labute approximate surface area is 155 Å². The summed E-state index contributed by atoms with van der Waals surface area (Å²) < 4.78 is 4.92. The fourth-order valence-electron chi connectivity index (χ4n) is 2.73. The Morgan fingerprint density at radius 3 is 2.00 bits per heavy atom. The Morgan fingerprint density at radius 1 is 0.962 bits per heavy atom. The van der Waals surface area contributed by atoms with Gasteiger partial charge < -0.3 is 10.1 Å². The van der Waals surface area contributed by atoms with Crippen LogP contribution in [0, 0.1) is 5.92 Å². The van der Waals surface area contributed by atoms with Crippen molar-refractivity contribution in [2.24, 2.45) is 5.92 Å². The Kier molecular flexibility index (Phi) is 7.83. The van der Waals surface area contributed by atoms with E-state index in [2.05, 4.69) is 5.32 Å². The molecule has 2 aromatic rings. The van der Waals surface area contributed by atoms with Crippen molar-refractivity contribution in [3.63, 3.8) is 0 Å². The molecule has 0 fully saturated rings. The molecule has 5 nitrogen and oxygen atoms in total. The number of para-hydroxylation sites is 2. The molecule has 0 aliphatic rings. The summed E-state index contributed by atoms with van der Waals surface area (Å²) in [6, 6.07) is 19.1. The van der Waals surface area contributed by atoms with Gasteiger partial charge >= 0.3 is 0 Å². The van der Waals surface area contributed by atoms with Gasteiger partial charge in [-0.3, -0.25) is 14.5 Å². The molecule has 0 aliphatic heterocycles. The number of hydrogen-bond donors (Lipinski definition) is 1. The van der Waals surface area contributed by atoms with E-state index in [1.807, 2.05) is 67.6 Å². The summed E-state index contributed by atoms with van der Waals surface area (Å²) in [5, 5.41) is 2.79. The maximum atomic E-state index is 13.0. The first kappa shape index (κ1) is 19.7. The molecule has 1 N–H and O–H groups in total. The summed E-state index contributed by atoms with van der Waals surface area (Å²) >= 11 is 0. The summed E-state index contributed by atoms with van der Waals surface area (Å²) in [4.78, 5) is 26.6. The second kappa shape index (κ2) is 10.4. The molecule has 0 saturated carbocycles. The van der Waals surface area contributed by atoms with Crippen LogP contribution in [-0.2, 0) is 14.3 Å². The number of rotatable bonds is 9.